The Hall–Kier alpha value is -7.19. The molecule has 0 atom stereocenters. The van der Waals surface area contributed by atoms with E-state index in [2.05, 4.69) is 325 Å². The lowest BCUT2D eigenvalue weighted by Crippen LogP contribution is -2.24. The lowest BCUT2D eigenvalue weighted by Gasteiger charge is -2.20. The van der Waals surface area contributed by atoms with Gasteiger partial charge in [-0.25, -0.2) is 15.0 Å². The van der Waals surface area contributed by atoms with Crippen molar-refractivity contribution in [2.24, 2.45) is 0 Å². The summed E-state index contributed by atoms with van der Waals surface area (Å²) in [7, 11) is 3.40. The van der Waals surface area contributed by atoms with Crippen LogP contribution >= 0.6 is 45.6 Å². The number of hydrogen-bond acceptors (Lipinski definition) is 21. The van der Waals surface area contributed by atoms with Crippen molar-refractivity contribution in [1.29, 1.82) is 0 Å². The van der Waals surface area contributed by atoms with Crippen molar-refractivity contribution in [3.63, 3.8) is 0 Å². The van der Waals surface area contributed by atoms with Crippen molar-refractivity contribution in [2.45, 2.75) is 403 Å². The zero-order valence-electron chi connectivity index (χ0n) is 86.6. The maximum atomic E-state index is 12.1. The van der Waals surface area contributed by atoms with Gasteiger partial charge in [-0.05, 0) is 37.5 Å². The Morgan fingerprint density at radius 1 is 0.380 bits per heavy atom. The van der Waals surface area contributed by atoms with Gasteiger partial charge in [0.05, 0.1) is 84.9 Å². The monoisotopic (exact) mass is 1870 g/mol. The number of rotatable bonds is 11. The number of thiazole rings is 3. The second-order valence-electron chi connectivity index (χ2n) is 46.9. The molecule has 9 heterocycles. The fraction of sp³-hybridized carbons (Fsp3) is 0.644. The lowest BCUT2D eigenvalue weighted by molar-refractivity contribution is -0.142. The number of aliphatic hydroxyl groups is 1. The Kier molecular flexibility index (Phi) is 40.0. The molecule has 1 aliphatic carbocycles. The van der Waals surface area contributed by atoms with E-state index in [9.17, 15) is 18.3 Å². The maximum absolute atomic E-state index is 12.1. The Labute approximate surface area is 789 Å². The summed E-state index contributed by atoms with van der Waals surface area (Å²) in [5, 5.41) is 39.2. The molecule has 25 heteroatoms. The maximum Gasteiger partial charge on any atom is 0.436 e. The Morgan fingerprint density at radius 2 is 0.729 bits per heavy atom. The van der Waals surface area contributed by atoms with E-state index in [1.807, 2.05) is 79.0 Å². The number of aliphatic hydroxyl groups excluding tert-OH is 1. The summed E-state index contributed by atoms with van der Waals surface area (Å²) >= 11 is 11.3. The van der Waals surface area contributed by atoms with E-state index in [-0.39, 0.29) is 82.8 Å². The van der Waals surface area contributed by atoms with Crippen molar-refractivity contribution in [2.75, 3.05) is 34.0 Å². The molecule has 0 aliphatic heterocycles. The number of hydrogen-bond donors (Lipinski definition) is 1. The van der Waals surface area contributed by atoms with Crippen LogP contribution in [0, 0.1) is 0 Å². The molecule has 1 fully saturated rings. The zero-order valence-corrected chi connectivity index (χ0v) is 89.8. The molecule has 0 saturated heterocycles. The Balaban J connectivity index is 0.000000304. The molecule has 1 aliphatic rings. The molecule has 0 unspecified atom stereocenters. The van der Waals surface area contributed by atoms with Gasteiger partial charge in [0.15, 0.2) is 5.69 Å². The molecule has 0 radical (unpaired) electrons. The van der Waals surface area contributed by atoms with Crippen molar-refractivity contribution in [3.8, 4) is 11.3 Å². The highest BCUT2D eigenvalue weighted by Crippen LogP contribution is 2.41. The molecule has 0 bridgehead atoms. The zero-order chi connectivity index (χ0) is 98.9. The molecule has 11 aromatic rings. The molecule has 0 spiro atoms. The van der Waals surface area contributed by atoms with Gasteiger partial charge in [-0.3, -0.25) is 0 Å². The SMILES string of the molecule is CC(C)(C)c1cc(C(C)(C)C)on1.CC(C)(C)c1cc(C(C)(C)C)on1.CC(C)(C)c1cc(C(C)(C)CO)no1.CC(C)(C)c1cc(C(F)(F)F)no1.CC(C)(C)c1nc(C2CCCCC2)cs1.CC(C)(C)c1nc2cc(Cl)ccc2s1.CCc1sc(C(C)(C)C)nc1-c1ccccc1.COCC(C)(C)c1cc(C(C)(C)C)no1.COCC(C)(C)c1cc(C(C)(C)C)on1. The second-order valence-corrected chi connectivity index (χ2v) is 50.3. The summed E-state index contributed by atoms with van der Waals surface area (Å²) in [5.74, 6) is 5.56. The lowest BCUT2D eigenvalue weighted by atomic mass is 9.87. The van der Waals surface area contributed by atoms with Crippen LogP contribution in [0.1, 0.15) is 409 Å². The normalized spacial score (nSPS) is 13.7. The van der Waals surface area contributed by atoms with Crippen molar-refractivity contribution >= 4 is 55.8 Å². The molecule has 129 heavy (non-hydrogen) atoms. The predicted molar refractivity (Wildman–Crippen MR) is 529 cm³/mol. The van der Waals surface area contributed by atoms with Gasteiger partial charge < -0.3 is 41.7 Å². The first-order valence-electron chi connectivity index (χ1n) is 45.1. The first-order valence-corrected chi connectivity index (χ1v) is 48.0. The van der Waals surface area contributed by atoms with E-state index >= 15 is 0 Å². The van der Waals surface area contributed by atoms with Crippen LogP contribution in [0.25, 0.3) is 21.5 Å². The minimum atomic E-state index is -4.42. The number of nitrogens with zero attached hydrogens (tertiary/aromatic N) is 9. The molecular formula is C104H161ClF3N9O9S3. The van der Waals surface area contributed by atoms with Crippen LogP contribution in [0.3, 0.4) is 0 Å². The van der Waals surface area contributed by atoms with E-state index in [0.29, 0.717) is 13.2 Å². The smallest absolute Gasteiger partial charge is 0.395 e. The molecule has 2 aromatic carbocycles. The number of fused-ring (bicyclic) bond motifs is 1. The third kappa shape index (κ3) is 36.6. The van der Waals surface area contributed by atoms with Gasteiger partial charge in [-0.1, -0.05) is 369 Å². The van der Waals surface area contributed by atoms with Crippen LogP contribution in [0.4, 0.5) is 13.2 Å². The summed E-state index contributed by atoms with van der Waals surface area (Å²) in [6.07, 6.45) is 3.55. The number of aryl methyl sites for hydroxylation is 1. The standard InChI is InChI=1S/C15H19NS.C13H21NS.2C12H21NO2.C11H12ClNS.C11H19NO2.2C11H19NO.C8H10F3NO/c1-5-12-13(11-9-7-6-8-10-11)16-14(17-12)15(2,3)4;1-13(2,3)12-14-11(9-15-12)10-7-5-4-6-8-10;1-11(2,3)10-7-9(13-15-10)12(4,5)8-14-6;1-11(2,3)9-7-10(15-13-9)12(4,5)8-14-6;1-11(2,3)10-13-8-6-7(12)4-5-9(8)14-10;1-10(2,3)9-6-8(12-14-9)11(4,5)7-13;2*1-10(2,3)8-7-9(13-12-8)11(4,5)6;1-7(2,3)6-4-5(12-13-6)8(9,10)11/h6-10H,5H2,1-4H3;9-10H,4-8H2,1-3H3;2*7H,8H2,1-6H3;4-6H,1-3H3;6,13H,7H2,1-5H3;2*7H,1-6H3;4H,1-3H3. The van der Waals surface area contributed by atoms with Gasteiger partial charge in [0.1, 0.15) is 34.6 Å². The van der Waals surface area contributed by atoms with Crippen LogP contribution in [-0.2, 0) is 97.9 Å². The number of alkyl halides is 3. The Bertz CT molecular complexity index is 4820. The Morgan fingerprint density at radius 3 is 1.06 bits per heavy atom. The minimum absolute atomic E-state index is 0.00834. The topological polar surface area (TPSA) is 234 Å². The van der Waals surface area contributed by atoms with Crippen LogP contribution < -0.4 is 0 Å². The molecule has 722 valence electrons. The highest BCUT2D eigenvalue weighted by molar-refractivity contribution is 7.18. The average Bonchev–Trinajstić information content (AvgIpc) is 1.68. The summed E-state index contributed by atoms with van der Waals surface area (Å²) in [6.45, 7) is 85.5. The molecule has 12 rings (SSSR count). The largest absolute Gasteiger partial charge is 0.436 e. The molecule has 18 nitrogen and oxygen atoms in total. The predicted octanol–water partition coefficient (Wildman–Crippen LogP) is 31.0. The number of aromatic nitrogens is 9. The van der Waals surface area contributed by atoms with E-state index in [4.69, 9.17) is 53.7 Å². The van der Waals surface area contributed by atoms with Crippen LogP contribution in [0.15, 0.2) is 117 Å². The molecule has 1 saturated carbocycles. The fourth-order valence-electron chi connectivity index (χ4n) is 11.7. The molecular weight excluding hydrogens is 1710 g/mol. The highest BCUT2D eigenvalue weighted by atomic mass is 35.5. The quantitative estimate of drug-likeness (QED) is 0.127. The van der Waals surface area contributed by atoms with Crippen LogP contribution in [-0.4, -0.2) is 85.0 Å². The van der Waals surface area contributed by atoms with Gasteiger partial charge in [0.25, 0.3) is 0 Å². The van der Waals surface area contributed by atoms with Crippen molar-refractivity contribution in [3.05, 3.63) is 190 Å². The fourth-order valence-corrected chi connectivity index (χ4v) is 14.9. The summed E-state index contributed by atoms with van der Waals surface area (Å²) in [6, 6.07) is 27.4. The summed E-state index contributed by atoms with van der Waals surface area (Å²) in [5.41, 5.74) is 8.36. The van der Waals surface area contributed by atoms with Gasteiger partial charge in [0, 0.05) is 153 Å². The first kappa shape index (κ1) is 114. The average molecular weight is 1870 g/mol. The van der Waals surface area contributed by atoms with Gasteiger partial charge >= 0.3 is 6.18 Å². The first-order chi connectivity index (χ1) is 58.5. The van der Waals surface area contributed by atoms with Crippen LogP contribution in [0.2, 0.25) is 5.02 Å². The van der Waals surface area contributed by atoms with Gasteiger partial charge in [-0.2, -0.15) is 13.2 Å². The van der Waals surface area contributed by atoms with E-state index < -0.39 is 17.3 Å². The second kappa shape index (κ2) is 45.2. The number of benzene rings is 2. The van der Waals surface area contributed by atoms with Crippen molar-refractivity contribution < 1.29 is 54.9 Å². The summed E-state index contributed by atoms with van der Waals surface area (Å²) in [4.78, 5) is 15.6. The van der Waals surface area contributed by atoms with Crippen LogP contribution in [0.5, 0.6) is 0 Å². The molecule has 0 amide bonds. The van der Waals surface area contributed by atoms with Gasteiger partial charge in [-0.15, -0.1) is 34.0 Å². The third-order valence-corrected chi connectivity index (χ3v) is 25.3. The minimum Gasteiger partial charge on any atom is -0.395 e. The van der Waals surface area contributed by atoms with E-state index in [1.165, 1.54) is 68.6 Å². The number of ether oxygens (including phenoxy) is 2. The van der Waals surface area contributed by atoms with E-state index in [1.54, 1.807) is 46.3 Å². The number of halogens is 4. The van der Waals surface area contributed by atoms with Crippen molar-refractivity contribution in [1.82, 2.24) is 45.9 Å². The van der Waals surface area contributed by atoms with E-state index in [0.717, 1.165) is 91.2 Å². The molecule has 9 aromatic heterocycles. The number of methoxy groups -OCH3 is 2. The highest BCUT2D eigenvalue weighted by Gasteiger charge is 2.38. The summed E-state index contributed by atoms with van der Waals surface area (Å²) < 4.78 is 78.9. The van der Waals surface area contributed by atoms with Gasteiger partial charge in [0.2, 0.25) is 0 Å². The third-order valence-electron chi connectivity index (χ3n) is 20.7. The molecule has 1 N–H and O–H groups in total.